The molecule has 0 spiro atoms. The molecule has 7 heteroatoms. The van der Waals surface area contributed by atoms with Gasteiger partial charge in [0.2, 0.25) is 10.0 Å². The number of amides is 1. The van der Waals surface area contributed by atoms with E-state index in [0.717, 1.165) is 9.87 Å². The van der Waals surface area contributed by atoms with E-state index in [2.05, 4.69) is 5.32 Å². The minimum Gasteiger partial charge on any atom is -0.346 e. The molecule has 2 aromatic carbocycles. The first-order valence-corrected chi connectivity index (χ1v) is 9.48. The molecule has 1 N–H and O–H groups in total. The first-order chi connectivity index (χ1) is 11.7. The third-order valence-corrected chi connectivity index (χ3v) is 5.75. The van der Waals surface area contributed by atoms with Crippen LogP contribution in [-0.4, -0.2) is 27.1 Å². The molecule has 0 fully saturated rings. The molecule has 1 unspecified atom stereocenters. The first-order valence-electron chi connectivity index (χ1n) is 7.87. The number of nitrogens with one attached hydrogen (secondary N) is 1. The summed E-state index contributed by atoms with van der Waals surface area (Å²) in [6, 6.07) is 12.0. The van der Waals surface area contributed by atoms with E-state index in [1.54, 1.807) is 44.2 Å². The summed E-state index contributed by atoms with van der Waals surface area (Å²) in [5.41, 5.74) is 1.55. The number of hydrogen-bond acceptors (Lipinski definition) is 3. The molecule has 2 aromatic rings. The van der Waals surface area contributed by atoms with E-state index < -0.39 is 10.0 Å². The van der Waals surface area contributed by atoms with Crippen molar-refractivity contribution in [2.24, 2.45) is 0 Å². The third-order valence-electron chi connectivity index (χ3n) is 3.97. The molecule has 0 bridgehead atoms. The smallest absolute Gasteiger partial charge is 0.251 e. The zero-order chi connectivity index (χ0) is 18.6. The summed E-state index contributed by atoms with van der Waals surface area (Å²) in [6.07, 6.45) is 0. The van der Waals surface area contributed by atoms with Crippen molar-refractivity contribution < 1.29 is 17.6 Å². The van der Waals surface area contributed by atoms with Crippen LogP contribution in [0, 0.1) is 5.82 Å². The fourth-order valence-corrected chi connectivity index (χ4v) is 3.13. The minimum absolute atomic E-state index is 0.0263. The van der Waals surface area contributed by atoms with Gasteiger partial charge in [0.15, 0.2) is 0 Å². The molecule has 134 valence electrons. The predicted octanol–water partition coefficient (Wildman–Crippen LogP) is 3.10. The van der Waals surface area contributed by atoms with Crippen LogP contribution in [0.2, 0.25) is 0 Å². The maximum absolute atomic E-state index is 13.0. The largest absolute Gasteiger partial charge is 0.346 e. The van der Waals surface area contributed by atoms with Crippen molar-refractivity contribution in [2.75, 3.05) is 17.1 Å². The molecular formula is C18H21FN2O3S. The van der Waals surface area contributed by atoms with Crippen LogP contribution in [-0.2, 0) is 10.0 Å². The van der Waals surface area contributed by atoms with Crippen LogP contribution in [0.3, 0.4) is 0 Å². The Kier molecular flexibility index (Phi) is 5.79. The highest BCUT2D eigenvalue weighted by atomic mass is 32.2. The van der Waals surface area contributed by atoms with Crippen LogP contribution < -0.4 is 9.62 Å². The highest BCUT2D eigenvalue weighted by molar-refractivity contribution is 7.92. The Labute approximate surface area is 147 Å². The van der Waals surface area contributed by atoms with Crippen molar-refractivity contribution in [2.45, 2.75) is 19.9 Å². The number of halogens is 1. The summed E-state index contributed by atoms with van der Waals surface area (Å²) >= 11 is 0. The van der Waals surface area contributed by atoms with E-state index in [0.29, 0.717) is 11.3 Å². The normalized spacial score (nSPS) is 12.5. The lowest BCUT2D eigenvalue weighted by atomic mass is 10.1. The highest BCUT2D eigenvalue weighted by Crippen LogP contribution is 2.19. The van der Waals surface area contributed by atoms with Gasteiger partial charge in [-0.05, 0) is 49.7 Å². The van der Waals surface area contributed by atoms with Gasteiger partial charge in [-0.1, -0.05) is 18.2 Å². The van der Waals surface area contributed by atoms with Gasteiger partial charge in [0.25, 0.3) is 5.91 Å². The minimum atomic E-state index is -3.40. The monoisotopic (exact) mass is 364 g/mol. The topological polar surface area (TPSA) is 66.5 Å². The van der Waals surface area contributed by atoms with Gasteiger partial charge in [0, 0.05) is 12.6 Å². The Bertz CT molecular complexity index is 851. The number of nitrogens with zero attached hydrogens (tertiary/aromatic N) is 1. The average Bonchev–Trinajstić information content (AvgIpc) is 2.61. The van der Waals surface area contributed by atoms with Crippen molar-refractivity contribution in [1.82, 2.24) is 5.32 Å². The molecular weight excluding hydrogens is 343 g/mol. The molecule has 2 rings (SSSR count). The molecule has 0 radical (unpaired) electrons. The highest BCUT2D eigenvalue weighted by Gasteiger charge is 2.18. The lowest BCUT2D eigenvalue weighted by Gasteiger charge is -2.19. The van der Waals surface area contributed by atoms with Gasteiger partial charge in [-0.3, -0.25) is 9.10 Å². The number of benzene rings is 2. The quantitative estimate of drug-likeness (QED) is 0.856. The van der Waals surface area contributed by atoms with E-state index in [1.165, 1.54) is 25.2 Å². The van der Waals surface area contributed by atoms with Gasteiger partial charge < -0.3 is 5.32 Å². The zero-order valence-corrected chi connectivity index (χ0v) is 15.2. The van der Waals surface area contributed by atoms with Gasteiger partial charge in [-0.15, -0.1) is 0 Å². The second-order valence-electron chi connectivity index (χ2n) is 5.67. The Morgan fingerprint density at radius 3 is 2.44 bits per heavy atom. The van der Waals surface area contributed by atoms with Gasteiger partial charge >= 0.3 is 0 Å². The third kappa shape index (κ3) is 4.57. The Morgan fingerprint density at radius 2 is 1.84 bits per heavy atom. The van der Waals surface area contributed by atoms with Gasteiger partial charge in [0.05, 0.1) is 17.5 Å². The SMILES string of the molecule is CCS(=O)(=O)N(C)c1cccc(C(=O)NC(C)c2ccc(F)cc2)c1. The molecule has 0 aliphatic heterocycles. The maximum atomic E-state index is 13.0. The number of hydrogen-bond donors (Lipinski definition) is 1. The number of anilines is 1. The van der Waals surface area contributed by atoms with Crippen molar-refractivity contribution in [3.05, 3.63) is 65.5 Å². The fraction of sp³-hybridized carbons (Fsp3) is 0.278. The summed E-state index contributed by atoms with van der Waals surface area (Å²) in [6.45, 7) is 3.36. The van der Waals surface area contributed by atoms with E-state index in [9.17, 15) is 17.6 Å². The number of carbonyl (C=O) groups excluding carboxylic acids is 1. The molecule has 5 nitrogen and oxygen atoms in total. The first kappa shape index (κ1) is 18.9. The van der Waals surface area contributed by atoms with Crippen LogP contribution in [0.25, 0.3) is 0 Å². The summed E-state index contributed by atoms with van der Waals surface area (Å²) in [5, 5.41) is 2.82. The molecule has 0 saturated heterocycles. The maximum Gasteiger partial charge on any atom is 0.251 e. The lowest BCUT2D eigenvalue weighted by Crippen LogP contribution is -2.29. The standard InChI is InChI=1S/C18H21FN2O3S/c1-4-25(23,24)21(3)17-7-5-6-15(12-17)18(22)20-13(2)14-8-10-16(19)11-9-14/h5-13H,4H2,1-3H3,(H,20,22). The van der Waals surface area contributed by atoms with Crippen molar-refractivity contribution in [3.8, 4) is 0 Å². The van der Waals surface area contributed by atoms with Crippen molar-refractivity contribution >= 4 is 21.6 Å². The van der Waals surface area contributed by atoms with E-state index >= 15 is 0 Å². The Balaban J connectivity index is 2.17. The van der Waals surface area contributed by atoms with E-state index in [4.69, 9.17) is 0 Å². The van der Waals surface area contributed by atoms with E-state index in [1.807, 2.05) is 0 Å². The van der Waals surface area contributed by atoms with Crippen LogP contribution in [0.5, 0.6) is 0 Å². The van der Waals surface area contributed by atoms with Crippen molar-refractivity contribution in [3.63, 3.8) is 0 Å². The lowest BCUT2D eigenvalue weighted by molar-refractivity contribution is 0.0940. The fourth-order valence-electron chi connectivity index (χ4n) is 2.31. The summed E-state index contributed by atoms with van der Waals surface area (Å²) in [4.78, 5) is 12.4. The summed E-state index contributed by atoms with van der Waals surface area (Å²) in [7, 11) is -1.94. The van der Waals surface area contributed by atoms with Crippen LogP contribution in [0.4, 0.5) is 10.1 Å². The molecule has 25 heavy (non-hydrogen) atoms. The molecule has 0 aliphatic carbocycles. The van der Waals surface area contributed by atoms with Gasteiger partial charge in [-0.2, -0.15) is 0 Å². The van der Waals surface area contributed by atoms with Crippen LogP contribution in [0.15, 0.2) is 48.5 Å². The molecule has 0 heterocycles. The molecule has 1 amide bonds. The molecule has 0 aliphatic rings. The molecule has 0 aromatic heterocycles. The Morgan fingerprint density at radius 1 is 1.20 bits per heavy atom. The van der Waals surface area contributed by atoms with Gasteiger partial charge in [0.1, 0.15) is 5.82 Å². The zero-order valence-electron chi connectivity index (χ0n) is 14.4. The Hall–Kier alpha value is -2.41. The summed E-state index contributed by atoms with van der Waals surface area (Å²) in [5.74, 6) is -0.697. The second-order valence-corrected chi connectivity index (χ2v) is 7.95. The number of carbonyl (C=O) groups is 1. The summed E-state index contributed by atoms with van der Waals surface area (Å²) < 4.78 is 38.1. The number of rotatable bonds is 6. The second kappa shape index (κ2) is 7.65. The predicted molar refractivity (Wildman–Crippen MR) is 96.6 cm³/mol. The molecule has 1 atom stereocenters. The molecule has 0 saturated carbocycles. The average molecular weight is 364 g/mol. The van der Waals surface area contributed by atoms with Crippen LogP contribution >= 0.6 is 0 Å². The number of sulfonamides is 1. The van der Waals surface area contributed by atoms with Crippen LogP contribution in [0.1, 0.15) is 35.8 Å². The van der Waals surface area contributed by atoms with Crippen molar-refractivity contribution in [1.29, 1.82) is 0 Å². The van der Waals surface area contributed by atoms with Gasteiger partial charge in [-0.25, -0.2) is 12.8 Å². The van der Waals surface area contributed by atoms with E-state index in [-0.39, 0.29) is 23.5 Å².